The lowest BCUT2D eigenvalue weighted by Gasteiger charge is -2.17. The molecule has 25 heavy (non-hydrogen) atoms. The Morgan fingerprint density at radius 2 is 1.80 bits per heavy atom. The number of ether oxygens (including phenoxy) is 1. The van der Waals surface area contributed by atoms with Gasteiger partial charge in [0.05, 0.1) is 0 Å². The van der Waals surface area contributed by atoms with Crippen molar-refractivity contribution in [3.8, 4) is 5.75 Å². The first-order valence-electron chi connectivity index (χ1n) is 8.54. The van der Waals surface area contributed by atoms with Crippen molar-refractivity contribution >= 4 is 29.3 Å². The molecule has 0 aliphatic heterocycles. The molecule has 0 fully saturated rings. The molecule has 0 unspecified atom stereocenters. The van der Waals surface area contributed by atoms with E-state index in [2.05, 4.69) is 12.2 Å². The van der Waals surface area contributed by atoms with E-state index in [0.717, 1.165) is 27.8 Å². The van der Waals surface area contributed by atoms with Gasteiger partial charge in [0.2, 0.25) is 0 Å². The molecule has 0 spiro atoms. The minimum Gasteiger partial charge on any atom is -0.481 e. The summed E-state index contributed by atoms with van der Waals surface area (Å²) in [6.45, 7) is 4.66. The van der Waals surface area contributed by atoms with Gasteiger partial charge >= 0.3 is 0 Å². The second kappa shape index (κ2) is 10.4. The Labute approximate surface area is 159 Å². The van der Waals surface area contributed by atoms with E-state index >= 15 is 0 Å². The van der Waals surface area contributed by atoms with E-state index in [-0.39, 0.29) is 5.91 Å². The highest BCUT2D eigenvalue weighted by Crippen LogP contribution is 2.20. The molecule has 0 saturated heterocycles. The Morgan fingerprint density at radius 3 is 2.40 bits per heavy atom. The highest BCUT2D eigenvalue weighted by Gasteiger charge is 2.17. The summed E-state index contributed by atoms with van der Waals surface area (Å²) < 4.78 is 5.82. The molecule has 2 aromatic rings. The van der Waals surface area contributed by atoms with Crippen LogP contribution in [0.5, 0.6) is 5.75 Å². The zero-order valence-electron chi connectivity index (χ0n) is 14.6. The maximum absolute atomic E-state index is 12.3. The molecule has 1 N–H and O–H groups in total. The van der Waals surface area contributed by atoms with E-state index in [1.165, 1.54) is 5.56 Å². The van der Waals surface area contributed by atoms with Gasteiger partial charge in [0.1, 0.15) is 5.75 Å². The maximum atomic E-state index is 12.3. The Balaban J connectivity index is 1.75. The third kappa shape index (κ3) is 6.63. The molecule has 5 heteroatoms. The minimum atomic E-state index is -0.465. The third-order valence-corrected chi connectivity index (χ3v) is 5.02. The van der Waals surface area contributed by atoms with Crippen LogP contribution in [0.2, 0.25) is 5.02 Å². The molecule has 134 valence electrons. The van der Waals surface area contributed by atoms with Crippen LogP contribution >= 0.6 is 23.4 Å². The molecule has 0 aromatic heterocycles. The number of thioether (sulfide) groups is 1. The van der Waals surface area contributed by atoms with Gasteiger partial charge in [-0.15, -0.1) is 11.8 Å². The number of nitrogens with one attached hydrogen (secondary N) is 1. The molecule has 2 rings (SSSR count). The van der Waals surface area contributed by atoms with Crippen LogP contribution < -0.4 is 10.1 Å². The number of aryl methyl sites for hydroxylation is 1. The van der Waals surface area contributed by atoms with Crippen molar-refractivity contribution in [2.75, 3.05) is 12.3 Å². The number of rotatable bonds is 9. The quantitative estimate of drug-likeness (QED) is 0.495. The zero-order valence-corrected chi connectivity index (χ0v) is 16.2. The van der Waals surface area contributed by atoms with Crippen molar-refractivity contribution < 1.29 is 9.53 Å². The largest absolute Gasteiger partial charge is 0.481 e. The van der Waals surface area contributed by atoms with Crippen LogP contribution in [-0.4, -0.2) is 24.3 Å². The summed E-state index contributed by atoms with van der Waals surface area (Å²) >= 11 is 7.55. The van der Waals surface area contributed by atoms with Crippen LogP contribution in [0.4, 0.5) is 0 Å². The first-order chi connectivity index (χ1) is 12.1. The van der Waals surface area contributed by atoms with Crippen LogP contribution in [0.1, 0.15) is 25.8 Å². The number of carbonyl (C=O) groups is 1. The van der Waals surface area contributed by atoms with E-state index < -0.39 is 6.10 Å². The van der Waals surface area contributed by atoms with E-state index in [4.69, 9.17) is 16.3 Å². The second-order valence-electron chi connectivity index (χ2n) is 5.61. The first kappa shape index (κ1) is 19.7. The van der Waals surface area contributed by atoms with Gasteiger partial charge in [0, 0.05) is 22.2 Å². The zero-order chi connectivity index (χ0) is 18.1. The first-order valence-corrected chi connectivity index (χ1v) is 9.90. The Morgan fingerprint density at radius 1 is 1.12 bits per heavy atom. The number of amides is 1. The van der Waals surface area contributed by atoms with E-state index in [1.54, 1.807) is 11.8 Å². The molecule has 3 nitrogen and oxygen atoms in total. The van der Waals surface area contributed by atoms with Crippen molar-refractivity contribution in [3.63, 3.8) is 0 Å². The number of carbonyl (C=O) groups excluding carboxylic acids is 1. The summed E-state index contributed by atoms with van der Waals surface area (Å²) in [5.74, 6) is 1.46. The lowest BCUT2D eigenvalue weighted by atomic mass is 10.2. The maximum Gasteiger partial charge on any atom is 0.261 e. The van der Waals surface area contributed by atoms with Gasteiger partial charge in [-0.05, 0) is 54.8 Å². The van der Waals surface area contributed by atoms with Crippen LogP contribution in [0.15, 0.2) is 53.4 Å². The Hall–Kier alpha value is -1.65. The van der Waals surface area contributed by atoms with Gasteiger partial charge in [0.25, 0.3) is 5.91 Å². The average Bonchev–Trinajstić information content (AvgIpc) is 2.65. The van der Waals surface area contributed by atoms with Gasteiger partial charge in [-0.2, -0.15) is 0 Å². The summed E-state index contributed by atoms with van der Waals surface area (Å²) in [7, 11) is 0. The molecular formula is C20H24ClNO2S. The number of hydrogen-bond donors (Lipinski definition) is 1. The van der Waals surface area contributed by atoms with E-state index in [1.807, 2.05) is 55.5 Å². The Kier molecular flexibility index (Phi) is 8.16. The van der Waals surface area contributed by atoms with Crippen molar-refractivity contribution in [3.05, 3.63) is 59.1 Å². The summed E-state index contributed by atoms with van der Waals surface area (Å²) in [6, 6.07) is 15.6. The van der Waals surface area contributed by atoms with Gasteiger partial charge in [-0.1, -0.05) is 37.6 Å². The standard InChI is InChI=1S/C20H24ClNO2S/c1-3-15-5-9-17(10-6-15)24-19(4-2)20(23)22-13-14-25-18-11-7-16(21)8-12-18/h5-12,19H,3-4,13-14H2,1-2H3,(H,22,23)/t19-/m0/s1. The normalized spacial score (nSPS) is 11.8. The monoisotopic (exact) mass is 377 g/mol. The molecule has 0 saturated carbocycles. The van der Waals surface area contributed by atoms with Crippen molar-refractivity contribution in [2.45, 2.75) is 37.7 Å². The van der Waals surface area contributed by atoms with Crippen molar-refractivity contribution in [2.24, 2.45) is 0 Å². The van der Waals surface area contributed by atoms with Crippen LogP contribution in [0.25, 0.3) is 0 Å². The fraction of sp³-hybridized carbons (Fsp3) is 0.350. The molecule has 0 aliphatic rings. The van der Waals surface area contributed by atoms with Crippen LogP contribution in [-0.2, 0) is 11.2 Å². The topological polar surface area (TPSA) is 38.3 Å². The van der Waals surface area contributed by atoms with E-state index in [9.17, 15) is 4.79 Å². The molecule has 1 atom stereocenters. The number of hydrogen-bond acceptors (Lipinski definition) is 3. The highest BCUT2D eigenvalue weighted by atomic mass is 35.5. The van der Waals surface area contributed by atoms with Gasteiger partial charge < -0.3 is 10.1 Å². The predicted octanol–water partition coefficient (Wildman–Crippen LogP) is 4.97. The summed E-state index contributed by atoms with van der Waals surface area (Å²) in [4.78, 5) is 13.4. The minimum absolute atomic E-state index is 0.0706. The Bertz CT molecular complexity index is 658. The van der Waals surface area contributed by atoms with Gasteiger partial charge in [-0.3, -0.25) is 4.79 Å². The van der Waals surface area contributed by atoms with Crippen LogP contribution in [0, 0.1) is 0 Å². The van der Waals surface area contributed by atoms with Crippen molar-refractivity contribution in [1.29, 1.82) is 0 Å². The second-order valence-corrected chi connectivity index (χ2v) is 7.21. The molecule has 1 amide bonds. The fourth-order valence-electron chi connectivity index (χ4n) is 2.28. The molecule has 2 aromatic carbocycles. The lowest BCUT2D eigenvalue weighted by Crippen LogP contribution is -2.39. The summed E-state index contributed by atoms with van der Waals surface area (Å²) in [6.07, 6.45) is 1.16. The molecule has 0 aliphatic carbocycles. The SMILES string of the molecule is CCc1ccc(O[C@@H](CC)C(=O)NCCSc2ccc(Cl)cc2)cc1. The van der Waals surface area contributed by atoms with Gasteiger partial charge in [0.15, 0.2) is 6.10 Å². The summed E-state index contributed by atoms with van der Waals surface area (Å²) in [5.41, 5.74) is 1.25. The molecular weight excluding hydrogens is 354 g/mol. The molecule has 0 heterocycles. The lowest BCUT2D eigenvalue weighted by molar-refractivity contribution is -0.127. The van der Waals surface area contributed by atoms with Gasteiger partial charge in [-0.25, -0.2) is 0 Å². The predicted molar refractivity (Wildman–Crippen MR) is 106 cm³/mol. The third-order valence-electron chi connectivity index (χ3n) is 3.76. The highest BCUT2D eigenvalue weighted by molar-refractivity contribution is 7.99. The van der Waals surface area contributed by atoms with E-state index in [0.29, 0.717) is 13.0 Å². The van der Waals surface area contributed by atoms with Crippen LogP contribution in [0.3, 0.4) is 0 Å². The number of halogens is 1. The summed E-state index contributed by atoms with van der Waals surface area (Å²) in [5, 5.41) is 3.68. The van der Waals surface area contributed by atoms with Crippen molar-refractivity contribution in [1.82, 2.24) is 5.32 Å². The number of benzene rings is 2. The average molecular weight is 378 g/mol. The molecule has 0 radical (unpaired) electrons. The molecule has 0 bridgehead atoms. The smallest absolute Gasteiger partial charge is 0.261 e. The fourth-order valence-corrected chi connectivity index (χ4v) is 3.17.